The summed E-state index contributed by atoms with van der Waals surface area (Å²) in [6, 6.07) is 5.67. The van der Waals surface area contributed by atoms with Crippen LogP contribution >= 0.6 is 0 Å². The minimum Gasteiger partial charge on any atom is -0.481 e. The zero-order valence-corrected chi connectivity index (χ0v) is 61.3. The number of nitrogens with zero attached hydrogens (tertiary/aromatic N) is 7. The molecule has 3 saturated heterocycles. The predicted molar refractivity (Wildman–Crippen MR) is 383 cm³/mol. The van der Waals surface area contributed by atoms with Crippen molar-refractivity contribution in [2.24, 2.45) is 22.4 Å². The van der Waals surface area contributed by atoms with E-state index in [1.54, 1.807) is 94.1 Å². The van der Waals surface area contributed by atoms with E-state index in [0.29, 0.717) is 17.5 Å². The second kappa shape index (κ2) is 45.9. The molecule has 10 amide bonds. The average Bonchev–Trinajstić information content (AvgIpc) is 1.74. The highest BCUT2D eigenvalue weighted by molar-refractivity contribution is 5.99. The molecule has 0 spiro atoms. The van der Waals surface area contributed by atoms with E-state index < -0.39 is 156 Å². The van der Waals surface area contributed by atoms with Gasteiger partial charge < -0.3 is 89.3 Å². The van der Waals surface area contributed by atoms with Gasteiger partial charge in [0.1, 0.15) is 48.3 Å². The first-order valence-corrected chi connectivity index (χ1v) is 35.5. The number of nitrogens with two attached hydrogens (primary N) is 2. The lowest BCUT2D eigenvalue weighted by Gasteiger charge is -2.35. The molecule has 0 bridgehead atoms. The molecule has 0 unspecified atom stereocenters. The molecule has 40 heteroatoms. The molecule has 3 aliphatic rings. The van der Waals surface area contributed by atoms with Gasteiger partial charge in [0.2, 0.25) is 59.1 Å². The van der Waals surface area contributed by atoms with Crippen molar-refractivity contribution in [3.8, 4) is 0 Å². The summed E-state index contributed by atoms with van der Waals surface area (Å²) in [6.45, 7) is 4.12. The van der Waals surface area contributed by atoms with Crippen molar-refractivity contribution in [1.29, 1.82) is 0 Å². The Hall–Kier alpha value is -10.6. The van der Waals surface area contributed by atoms with Crippen LogP contribution in [0.15, 0.2) is 65.7 Å². The number of aliphatic imine (C=N–C) groups is 1. The predicted octanol–water partition coefficient (Wildman–Crippen LogP) is -3.68. The number of carbonyl (C=O) groups is 15. The van der Waals surface area contributed by atoms with Gasteiger partial charge in [-0.15, -0.1) is 0 Å². The molecule has 2 aromatic rings. The molecule has 17 N–H and O–H groups in total. The van der Waals surface area contributed by atoms with Crippen LogP contribution in [0.3, 0.4) is 0 Å². The van der Waals surface area contributed by atoms with Gasteiger partial charge in [-0.3, -0.25) is 91.7 Å². The first-order valence-electron chi connectivity index (χ1n) is 35.5. The number of benzene rings is 2. The summed E-state index contributed by atoms with van der Waals surface area (Å²) in [6.07, 6.45) is -5.73. The normalized spacial score (nSPS) is 22.5. The summed E-state index contributed by atoms with van der Waals surface area (Å²) in [5.74, 6) is -16.5. The van der Waals surface area contributed by atoms with Gasteiger partial charge >= 0.3 is 36.0 Å². The fourth-order valence-electron chi connectivity index (χ4n) is 12.1. The summed E-state index contributed by atoms with van der Waals surface area (Å²) < 4.78 is 31.7. The highest BCUT2D eigenvalue weighted by Gasteiger charge is 2.43. The van der Waals surface area contributed by atoms with E-state index in [4.69, 9.17) is 21.4 Å². The van der Waals surface area contributed by atoms with Crippen LogP contribution in [0.2, 0.25) is 0 Å². The zero-order chi connectivity index (χ0) is 81.1. The fourth-order valence-corrected chi connectivity index (χ4v) is 12.1. The molecule has 109 heavy (non-hydrogen) atoms. The third kappa shape index (κ3) is 34.0. The summed E-state index contributed by atoms with van der Waals surface area (Å²) in [5, 5.41) is 66.9. The molecule has 0 radical (unpaired) electrons. The van der Waals surface area contributed by atoms with Gasteiger partial charge in [-0.1, -0.05) is 74.5 Å². The first-order chi connectivity index (χ1) is 51.4. The van der Waals surface area contributed by atoms with Crippen LogP contribution < -0.4 is 54.0 Å². The summed E-state index contributed by atoms with van der Waals surface area (Å²) in [5.41, 5.74) is 12.3. The third-order valence-corrected chi connectivity index (χ3v) is 17.7. The first kappa shape index (κ1) is 90.8. The summed E-state index contributed by atoms with van der Waals surface area (Å²) in [4.78, 5) is 214. The number of carboxylic acids is 5. The van der Waals surface area contributed by atoms with Crippen LogP contribution in [0.1, 0.15) is 89.7 Å². The molecule has 0 aliphatic carbocycles. The third-order valence-electron chi connectivity index (χ3n) is 17.7. The molecule has 0 saturated carbocycles. The van der Waals surface area contributed by atoms with Gasteiger partial charge in [0.05, 0.1) is 39.1 Å². The Labute approximate surface area is 627 Å². The van der Waals surface area contributed by atoms with Crippen LogP contribution in [0.5, 0.6) is 0 Å². The largest absolute Gasteiger partial charge is 0.490 e. The number of alkyl halides is 3. The van der Waals surface area contributed by atoms with Gasteiger partial charge in [-0.05, 0) is 75.3 Å². The number of hydrogen-bond acceptors (Lipinski definition) is 20. The van der Waals surface area contributed by atoms with Crippen molar-refractivity contribution in [2.75, 3.05) is 112 Å². The van der Waals surface area contributed by atoms with Crippen LogP contribution in [0.4, 0.5) is 13.2 Å². The lowest BCUT2D eigenvalue weighted by atomic mass is 10.0. The number of aliphatic carboxylic acids is 5. The Morgan fingerprint density at radius 1 is 0.550 bits per heavy atom. The number of nitrogens with one attached hydrogen (secondary N) is 8. The van der Waals surface area contributed by atoms with Crippen molar-refractivity contribution in [3.05, 3.63) is 71.8 Å². The van der Waals surface area contributed by atoms with Crippen LogP contribution in [-0.4, -0.2) is 316 Å². The van der Waals surface area contributed by atoms with E-state index in [-0.39, 0.29) is 168 Å². The van der Waals surface area contributed by atoms with Crippen molar-refractivity contribution >= 4 is 94.9 Å². The monoisotopic (exact) mass is 1550 g/mol. The van der Waals surface area contributed by atoms with Gasteiger partial charge in [0.25, 0.3) is 0 Å². The number of rotatable bonds is 25. The summed E-state index contributed by atoms with van der Waals surface area (Å²) >= 11 is 0. The standard InChI is InChI=1S/C67H101N17O18.C2HF3O2/c1-42(2)33-47-61(97)73-43(3)59(95)78-50(35-45-17-9-6-10-18-45)65(101)84-24-14-21-52(84)66(102)79(4)51(20-11-12-22-70-54(86)38-80-25-27-81(39-56(89)90)29-31-83(41-58(93)94)32-30-82(28-26-80)40-57(91)92)64(100)77-48(34-44-15-7-5-8-16-44)62(98)75-46(19-13-23-71-67(68)69)60(96)72-37-53(85)74-49(36-55(87)88)63(99)76-47;3-2(4,5)1(6)7/h5-10,15-18,42-43,46-52H,11-14,19-41H2,1-4H3,(H,70,86)(H,72,96)(H,73,97)(H,74,85)(H,75,98)(H,76,99)(H,77,100)(H,78,95)(H,87,88)(H,89,90)(H,91,92)(H,93,94)(H4,68,69,71);(H,6,7)/t43-,46-,47-,48-,49-,50-,51-,52+;/m0./s1. The molecular weight excluding hydrogens is 1440 g/mol. The van der Waals surface area contributed by atoms with Gasteiger partial charge in [-0.2, -0.15) is 13.2 Å². The van der Waals surface area contributed by atoms with Crippen LogP contribution in [0.25, 0.3) is 0 Å². The minimum absolute atomic E-state index is 0.0226. The Bertz CT molecular complexity index is 3440. The second-order valence-electron chi connectivity index (χ2n) is 27.0. The lowest BCUT2D eigenvalue weighted by molar-refractivity contribution is -0.192. The number of likely N-dealkylation sites (N-methyl/N-ethyl adjacent to an activating group) is 1. The average molecular weight is 1550 g/mol. The number of guanidine groups is 1. The van der Waals surface area contributed by atoms with Crippen LogP contribution in [0, 0.1) is 5.92 Å². The van der Waals surface area contributed by atoms with Crippen molar-refractivity contribution in [3.63, 3.8) is 0 Å². The number of fused-ring (bicyclic) bond motifs is 1. The van der Waals surface area contributed by atoms with E-state index >= 15 is 14.4 Å². The highest BCUT2D eigenvalue weighted by atomic mass is 19.4. The smallest absolute Gasteiger partial charge is 0.481 e. The SMILES string of the molecule is CC(C)C[C@@H]1NC(=O)[C@H](CC(=O)O)NC(=O)CNC(=O)[C@H](CCCN=C(N)N)NC(=O)[C@H](Cc2ccccc2)NC(=O)[C@H](CCCCNC(=O)CN2CCN(CC(=O)O)CCN(CC(=O)O)CCN(CC(=O)O)CC2)N(C)C(=O)[C@H]2CCCN2C(=O)[C@H](Cc2ccccc2)NC(=O)[C@H](C)NC1=O.O=C(O)C(F)(F)F. The Balaban J connectivity index is 0.00000341. The molecule has 3 fully saturated rings. The number of carbonyl (C=O) groups excluding carboxylic acids is 10. The van der Waals surface area contributed by atoms with Crippen molar-refractivity contribution in [2.45, 2.75) is 146 Å². The molecule has 37 nitrogen and oxygen atoms in total. The molecular formula is C69H102F3N17O20. The maximum atomic E-state index is 15.3. The number of unbranched alkanes of at least 4 members (excludes halogenated alkanes) is 1. The zero-order valence-electron chi connectivity index (χ0n) is 61.3. The van der Waals surface area contributed by atoms with Gasteiger partial charge in [0.15, 0.2) is 5.96 Å². The topological polar surface area (TPSA) is 537 Å². The van der Waals surface area contributed by atoms with Gasteiger partial charge in [0, 0.05) is 91.9 Å². The number of halogens is 3. The van der Waals surface area contributed by atoms with E-state index in [1.165, 1.54) is 23.8 Å². The number of amides is 10. The lowest BCUT2D eigenvalue weighted by Crippen LogP contribution is -2.60. The van der Waals surface area contributed by atoms with E-state index in [9.17, 15) is 86.3 Å². The fraction of sp³-hybridized carbons (Fsp3) is 0.594. The van der Waals surface area contributed by atoms with Crippen LogP contribution in [-0.2, 0) is 84.8 Å². The minimum atomic E-state index is -5.08. The number of carboxylic acid groups (broad SMARTS) is 5. The van der Waals surface area contributed by atoms with E-state index in [1.807, 2.05) is 0 Å². The van der Waals surface area contributed by atoms with E-state index in [0.717, 1.165) is 0 Å². The quantitative estimate of drug-likeness (QED) is 0.0259. The second-order valence-corrected chi connectivity index (χ2v) is 27.0. The molecule has 8 atom stereocenters. The molecule has 5 rings (SSSR count). The molecule has 0 aromatic heterocycles. The van der Waals surface area contributed by atoms with Gasteiger partial charge in [-0.25, -0.2) is 4.79 Å². The highest BCUT2D eigenvalue weighted by Crippen LogP contribution is 2.24. The molecule has 2 aromatic carbocycles. The van der Waals surface area contributed by atoms with Crippen molar-refractivity contribution < 1.29 is 111 Å². The molecule has 3 heterocycles. The maximum absolute atomic E-state index is 15.3. The van der Waals surface area contributed by atoms with E-state index in [2.05, 4.69) is 47.5 Å². The Morgan fingerprint density at radius 3 is 1.50 bits per heavy atom. The molecule has 3 aliphatic heterocycles. The Morgan fingerprint density at radius 2 is 1.02 bits per heavy atom. The molecule has 604 valence electrons. The maximum Gasteiger partial charge on any atom is 0.490 e. The van der Waals surface area contributed by atoms with Crippen molar-refractivity contribution in [1.82, 2.24) is 71.9 Å². The summed E-state index contributed by atoms with van der Waals surface area (Å²) in [7, 11) is 1.37. The Kier molecular flexibility index (Phi) is 38.2. The number of hydrogen-bond donors (Lipinski definition) is 15.